The number of ether oxygens (including phenoxy) is 1. The molecule has 0 saturated carbocycles. The minimum absolute atomic E-state index is 0.0255. The summed E-state index contributed by atoms with van der Waals surface area (Å²) < 4.78 is 4.49. The van der Waals surface area contributed by atoms with Crippen LogP contribution in [-0.4, -0.2) is 23.8 Å². The molecular formula is C5H8O3. The van der Waals surface area contributed by atoms with Gasteiger partial charge in [0, 0.05) is 5.92 Å². The predicted octanol–water partition coefficient (Wildman–Crippen LogP) is -0.460. The summed E-state index contributed by atoms with van der Waals surface area (Å²) in [7, 11) is 0. The molecule has 0 bridgehead atoms. The maximum Gasteiger partial charge on any atom is 0.335 e. The summed E-state index contributed by atoms with van der Waals surface area (Å²) in [5.41, 5.74) is 0. The van der Waals surface area contributed by atoms with Crippen molar-refractivity contribution < 1.29 is 14.6 Å². The number of hydrogen-bond acceptors (Lipinski definition) is 3. The van der Waals surface area contributed by atoms with Crippen LogP contribution in [0.5, 0.6) is 0 Å². The van der Waals surface area contributed by atoms with E-state index in [0.717, 1.165) is 0 Å². The number of aliphatic hydroxyl groups is 1. The van der Waals surface area contributed by atoms with Gasteiger partial charge in [-0.15, -0.1) is 0 Å². The van der Waals surface area contributed by atoms with Gasteiger partial charge < -0.3 is 9.84 Å². The van der Waals surface area contributed by atoms with Gasteiger partial charge in [-0.3, -0.25) is 0 Å². The summed E-state index contributed by atoms with van der Waals surface area (Å²) in [6, 6.07) is 0. The lowest BCUT2D eigenvalue weighted by Gasteiger charge is -1.97. The number of aliphatic hydroxyl groups excluding tert-OH is 1. The number of carbonyl (C=O) groups is 1. The van der Waals surface area contributed by atoms with E-state index >= 15 is 0 Å². The lowest BCUT2D eigenvalue weighted by atomic mass is 10.1. The fraction of sp³-hybridized carbons (Fsp3) is 0.800. The van der Waals surface area contributed by atoms with Crippen LogP contribution in [-0.2, 0) is 9.53 Å². The van der Waals surface area contributed by atoms with Gasteiger partial charge in [-0.1, -0.05) is 6.92 Å². The van der Waals surface area contributed by atoms with Gasteiger partial charge in [0.25, 0.3) is 0 Å². The van der Waals surface area contributed by atoms with Gasteiger partial charge in [-0.05, 0) is 0 Å². The molecule has 1 aliphatic rings. The second kappa shape index (κ2) is 1.74. The van der Waals surface area contributed by atoms with E-state index in [9.17, 15) is 4.79 Å². The topological polar surface area (TPSA) is 46.5 Å². The molecule has 1 rings (SSSR count). The minimum atomic E-state index is -0.880. The van der Waals surface area contributed by atoms with Gasteiger partial charge in [0.1, 0.15) is 0 Å². The monoisotopic (exact) mass is 116 g/mol. The third-order valence-electron chi connectivity index (χ3n) is 1.27. The molecule has 0 spiro atoms. The summed E-state index contributed by atoms with van der Waals surface area (Å²) in [5.74, 6) is -0.514. The predicted molar refractivity (Wildman–Crippen MR) is 26.1 cm³/mol. The lowest BCUT2D eigenvalue weighted by molar-refractivity contribution is -0.144. The molecule has 1 aliphatic heterocycles. The van der Waals surface area contributed by atoms with Crippen molar-refractivity contribution in [3.63, 3.8) is 0 Å². The average Bonchev–Trinajstić information content (AvgIpc) is 1.98. The van der Waals surface area contributed by atoms with Gasteiger partial charge in [0.15, 0.2) is 6.10 Å². The Labute approximate surface area is 47.3 Å². The summed E-state index contributed by atoms with van der Waals surface area (Å²) in [6.45, 7) is 2.13. The molecule has 1 heterocycles. The zero-order valence-corrected chi connectivity index (χ0v) is 4.63. The number of hydrogen-bond donors (Lipinski definition) is 1. The van der Waals surface area contributed by atoms with Crippen LogP contribution >= 0.6 is 0 Å². The first-order chi connectivity index (χ1) is 3.72. The summed E-state index contributed by atoms with van der Waals surface area (Å²) in [4.78, 5) is 10.3. The molecule has 2 unspecified atom stereocenters. The zero-order valence-electron chi connectivity index (χ0n) is 4.63. The molecule has 3 heteroatoms. The van der Waals surface area contributed by atoms with Crippen molar-refractivity contribution >= 4 is 5.97 Å². The first kappa shape index (κ1) is 5.56. The molecule has 1 fully saturated rings. The van der Waals surface area contributed by atoms with Crippen LogP contribution in [0.4, 0.5) is 0 Å². The smallest absolute Gasteiger partial charge is 0.335 e. The van der Waals surface area contributed by atoms with Crippen LogP contribution < -0.4 is 0 Å². The Morgan fingerprint density at radius 3 is 2.62 bits per heavy atom. The highest BCUT2D eigenvalue weighted by molar-refractivity contribution is 5.76. The third kappa shape index (κ3) is 0.690. The van der Waals surface area contributed by atoms with Gasteiger partial charge in [0.2, 0.25) is 0 Å². The molecular weight excluding hydrogens is 108 g/mol. The van der Waals surface area contributed by atoms with Crippen molar-refractivity contribution in [1.29, 1.82) is 0 Å². The number of esters is 1. The minimum Gasteiger partial charge on any atom is -0.463 e. The van der Waals surface area contributed by atoms with Crippen molar-refractivity contribution in [3.8, 4) is 0 Å². The summed E-state index contributed by atoms with van der Waals surface area (Å²) >= 11 is 0. The van der Waals surface area contributed by atoms with Gasteiger partial charge in [0.05, 0.1) is 6.61 Å². The van der Waals surface area contributed by atoms with E-state index in [1.165, 1.54) is 0 Å². The van der Waals surface area contributed by atoms with Crippen LogP contribution in [0.25, 0.3) is 0 Å². The van der Waals surface area contributed by atoms with Crippen molar-refractivity contribution in [2.75, 3.05) is 6.61 Å². The molecule has 2 atom stereocenters. The van der Waals surface area contributed by atoms with E-state index in [2.05, 4.69) is 4.74 Å². The van der Waals surface area contributed by atoms with Crippen molar-refractivity contribution in [1.82, 2.24) is 0 Å². The normalized spacial score (nSPS) is 37.5. The average molecular weight is 116 g/mol. The van der Waals surface area contributed by atoms with Crippen molar-refractivity contribution in [3.05, 3.63) is 0 Å². The van der Waals surface area contributed by atoms with E-state index in [-0.39, 0.29) is 5.92 Å². The second-order valence-electron chi connectivity index (χ2n) is 2.05. The summed E-state index contributed by atoms with van der Waals surface area (Å²) in [5, 5.41) is 8.79. The van der Waals surface area contributed by atoms with Crippen LogP contribution in [0.3, 0.4) is 0 Å². The zero-order chi connectivity index (χ0) is 6.15. The first-order valence-corrected chi connectivity index (χ1v) is 2.56. The Kier molecular flexibility index (Phi) is 1.21. The fourth-order valence-electron chi connectivity index (χ4n) is 0.622. The first-order valence-electron chi connectivity index (χ1n) is 2.56. The lowest BCUT2D eigenvalue weighted by Crippen LogP contribution is -2.18. The highest BCUT2D eigenvalue weighted by Crippen LogP contribution is 2.12. The SMILES string of the molecule is CC1COC(=O)C1O. The fourth-order valence-corrected chi connectivity index (χ4v) is 0.622. The molecule has 0 aromatic heterocycles. The molecule has 0 aromatic carbocycles. The van der Waals surface area contributed by atoms with Crippen LogP contribution in [0.1, 0.15) is 6.92 Å². The molecule has 1 N–H and O–H groups in total. The molecule has 46 valence electrons. The highest BCUT2D eigenvalue weighted by atomic mass is 16.6. The van der Waals surface area contributed by atoms with E-state index in [1.54, 1.807) is 6.92 Å². The Hall–Kier alpha value is -0.570. The van der Waals surface area contributed by atoms with E-state index < -0.39 is 12.1 Å². The standard InChI is InChI=1S/C5H8O3/c1-3-2-8-5(7)4(3)6/h3-4,6H,2H2,1H3. The van der Waals surface area contributed by atoms with E-state index in [0.29, 0.717) is 6.61 Å². The van der Waals surface area contributed by atoms with Crippen molar-refractivity contribution in [2.45, 2.75) is 13.0 Å². The van der Waals surface area contributed by atoms with Gasteiger partial charge >= 0.3 is 5.97 Å². The Morgan fingerprint density at radius 2 is 2.50 bits per heavy atom. The van der Waals surface area contributed by atoms with Crippen LogP contribution in [0, 0.1) is 5.92 Å². The number of cyclic esters (lactones) is 1. The third-order valence-corrected chi connectivity index (χ3v) is 1.27. The largest absolute Gasteiger partial charge is 0.463 e. The van der Waals surface area contributed by atoms with Crippen LogP contribution in [0.2, 0.25) is 0 Å². The van der Waals surface area contributed by atoms with Crippen LogP contribution in [0.15, 0.2) is 0 Å². The number of rotatable bonds is 0. The maximum atomic E-state index is 10.3. The molecule has 0 aromatic rings. The Bertz CT molecular complexity index is 110. The van der Waals surface area contributed by atoms with E-state index in [1.807, 2.05) is 0 Å². The highest BCUT2D eigenvalue weighted by Gasteiger charge is 2.31. The van der Waals surface area contributed by atoms with Crippen molar-refractivity contribution in [2.24, 2.45) is 5.92 Å². The summed E-state index contributed by atoms with van der Waals surface area (Å²) in [6.07, 6.45) is -0.880. The second-order valence-corrected chi connectivity index (χ2v) is 2.05. The van der Waals surface area contributed by atoms with Gasteiger partial charge in [-0.2, -0.15) is 0 Å². The molecule has 8 heavy (non-hydrogen) atoms. The molecule has 3 nitrogen and oxygen atoms in total. The molecule has 1 saturated heterocycles. The number of carbonyl (C=O) groups excluding carboxylic acids is 1. The maximum absolute atomic E-state index is 10.3. The van der Waals surface area contributed by atoms with E-state index in [4.69, 9.17) is 5.11 Å². The molecule has 0 aliphatic carbocycles. The van der Waals surface area contributed by atoms with Gasteiger partial charge in [-0.25, -0.2) is 4.79 Å². The quantitative estimate of drug-likeness (QED) is 0.435. The Balaban J connectivity index is 2.56. The Morgan fingerprint density at radius 1 is 1.88 bits per heavy atom. The molecule has 0 radical (unpaired) electrons. The molecule has 0 amide bonds.